The summed E-state index contributed by atoms with van der Waals surface area (Å²) in [6.07, 6.45) is 6.16. The Kier molecular flexibility index (Phi) is 7.82. The Morgan fingerprint density at radius 2 is 1.93 bits per heavy atom. The van der Waals surface area contributed by atoms with Crippen LogP contribution in [0, 0.1) is 22.7 Å². The van der Waals surface area contributed by atoms with Crippen LogP contribution in [0.15, 0.2) is 23.9 Å². The molecule has 0 bridgehead atoms. The standard InChI is InChI=1S/C12H17N3/c1-3-5-6-7-8-15-12(4-2)11(9-13)10-14/h4,15H,2-3,5-8H2,1H3. The molecular weight excluding hydrogens is 186 g/mol. The molecule has 3 nitrogen and oxygen atoms in total. The van der Waals surface area contributed by atoms with E-state index in [-0.39, 0.29) is 5.57 Å². The van der Waals surface area contributed by atoms with Gasteiger partial charge in [0.05, 0.1) is 5.70 Å². The second-order valence-electron chi connectivity index (χ2n) is 3.20. The normalized spacial score (nSPS) is 8.47. The number of nitrogens with zero attached hydrogens (tertiary/aromatic N) is 2. The van der Waals surface area contributed by atoms with Gasteiger partial charge in [-0.1, -0.05) is 32.8 Å². The molecular formula is C12H17N3. The monoisotopic (exact) mass is 203 g/mol. The average molecular weight is 203 g/mol. The summed E-state index contributed by atoms with van der Waals surface area (Å²) in [6, 6.07) is 3.68. The molecule has 0 aliphatic rings. The number of allylic oxidation sites excluding steroid dienone is 2. The molecule has 15 heavy (non-hydrogen) atoms. The van der Waals surface area contributed by atoms with Crippen molar-refractivity contribution in [3.63, 3.8) is 0 Å². The fraction of sp³-hybridized carbons (Fsp3) is 0.500. The van der Waals surface area contributed by atoms with E-state index in [1.165, 1.54) is 25.3 Å². The molecule has 0 aromatic heterocycles. The summed E-state index contributed by atoms with van der Waals surface area (Å²) < 4.78 is 0. The minimum Gasteiger partial charge on any atom is -0.383 e. The highest BCUT2D eigenvalue weighted by molar-refractivity contribution is 5.43. The summed E-state index contributed by atoms with van der Waals surface area (Å²) in [4.78, 5) is 0. The molecule has 0 aliphatic heterocycles. The average Bonchev–Trinajstić information content (AvgIpc) is 2.27. The van der Waals surface area contributed by atoms with Gasteiger partial charge in [0.2, 0.25) is 0 Å². The first-order valence-corrected chi connectivity index (χ1v) is 5.20. The molecule has 0 unspecified atom stereocenters. The number of hydrogen-bond donors (Lipinski definition) is 1. The summed E-state index contributed by atoms with van der Waals surface area (Å²) in [7, 11) is 0. The molecule has 0 aromatic rings. The van der Waals surface area contributed by atoms with Gasteiger partial charge in [-0.25, -0.2) is 0 Å². The second-order valence-corrected chi connectivity index (χ2v) is 3.20. The van der Waals surface area contributed by atoms with E-state index in [9.17, 15) is 0 Å². The second kappa shape index (κ2) is 8.84. The molecule has 0 rings (SSSR count). The lowest BCUT2D eigenvalue weighted by molar-refractivity contribution is 0.639. The molecule has 0 saturated carbocycles. The van der Waals surface area contributed by atoms with Gasteiger partial charge in [0.15, 0.2) is 5.57 Å². The van der Waals surface area contributed by atoms with E-state index >= 15 is 0 Å². The van der Waals surface area contributed by atoms with Crippen molar-refractivity contribution in [1.29, 1.82) is 10.5 Å². The third-order valence-electron chi connectivity index (χ3n) is 2.04. The fourth-order valence-corrected chi connectivity index (χ4v) is 1.18. The quantitative estimate of drug-likeness (QED) is 0.393. The van der Waals surface area contributed by atoms with Crippen molar-refractivity contribution < 1.29 is 0 Å². The SMILES string of the molecule is C=CC(NCCCCCC)=C(C#N)C#N. The van der Waals surface area contributed by atoms with Crippen LogP contribution in [0.25, 0.3) is 0 Å². The Hall–Kier alpha value is -1.74. The molecule has 0 radical (unpaired) electrons. The van der Waals surface area contributed by atoms with Gasteiger partial charge in [-0.3, -0.25) is 0 Å². The Labute approximate surface area is 91.7 Å². The minimum absolute atomic E-state index is 0.0977. The molecule has 0 fully saturated rings. The molecule has 3 heteroatoms. The van der Waals surface area contributed by atoms with Gasteiger partial charge in [0.1, 0.15) is 12.1 Å². The van der Waals surface area contributed by atoms with Crippen LogP contribution in [0.1, 0.15) is 32.6 Å². The lowest BCUT2D eigenvalue weighted by Gasteiger charge is -2.06. The predicted molar refractivity (Wildman–Crippen MR) is 60.6 cm³/mol. The van der Waals surface area contributed by atoms with Crippen molar-refractivity contribution in [1.82, 2.24) is 5.32 Å². The summed E-state index contributed by atoms with van der Waals surface area (Å²) in [6.45, 7) is 6.51. The van der Waals surface area contributed by atoms with Gasteiger partial charge in [0.25, 0.3) is 0 Å². The number of unbranched alkanes of at least 4 members (excludes halogenated alkanes) is 3. The number of nitriles is 2. The maximum atomic E-state index is 8.65. The Balaban J connectivity index is 4.04. The number of hydrogen-bond acceptors (Lipinski definition) is 3. The van der Waals surface area contributed by atoms with Crippen molar-refractivity contribution in [2.24, 2.45) is 0 Å². The van der Waals surface area contributed by atoms with Crippen LogP contribution in [-0.4, -0.2) is 6.54 Å². The van der Waals surface area contributed by atoms with Crippen molar-refractivity contribution in [3.05, 3.63) is 23.9 Å². The van der Waals surface area contributed by atoms with Crippen LogP contribution in [-0.2, 0) is 0 Å². The van der Waals surface area contributed by atoms with E-state index in [1.54, 1.807) is 0 Å². The first kappa shape index (κ1) is 13.3. The molecule has 80 valence electrons. The van der Waals surface area contributed by atoms with Gasteiger partial charge >= 0.3 is 0 Å². The highest BCUT2D eigenvalue weighted by atomic mass is 14.9. The van der Waals surface area contributed by atoms with E-state index in [0.29, 0.717) is 5.70 Å². The molecule has 0 saturated heterocycles. The lowest BCUT2D eigenvalue weighted by Crippen LogP contribution is -2.14. The van der Waals surface area contributed by atoms with Gasteiger partial charge in [-0.05, 0) is 12.5 Å². The van der Waals surface area contributed by atoms with E-state index in [2.05, 4.69) is 18.8 Å². The molecule has 0 atom stereocenters. The van der Waals surface area contributed by atoms with E-state index < -0.39 is 0 Å². The number of nitrogens with one attached hydrogen (secondary N) is 1. The zero-order valence-corrected chi connectivity index (χ0v) is 9.21. The van der Waals surface area contributed by atoms with Gasteiger partial charge in [-0.15, -0.1) is 0 Å². The van der Waals surface area contributed by atoms with Crippen LogP contribution < -0.4 is 5.32 Å². The smallest absolute Gasteiger partial charge is 0.152 e. The van der Waals surface area contributed by atoms with E-state index in [1.807, 2.05) is 12.1 Å². The summed E-state index contributed by atoms with van der Waals surface area (Å²) in [5, 5.41) is 20.3. The fourth-order valence-electron chi connectivity index (χ4n) is 1.18. The summed E-state index contributed by atoms with van der Waals surface area (Å²) in [5.41, 5.74) is 0.636. The van der Waals surface area contributed by atoms with E-state index in [0.717, 1.165) is 13.0 Å². The summed E-state index contributed by atoms with van der Waals surface area (Å²) >= 11 is 0. The van der Waals surface area contributed by atoms with Gasteiger partial charge < -0.3 is 5.32 Å². The van der Waals surface area contributed by atoms with Crippen molar-refractivity contribution >= 4 is 0 Å². The summed E-state index contributed by atoms with van der Waals surface area (Å²) in [5.74, 6) is 0. The van der Waals surface area contributed by atoms with Crippen LogP contribution in [0.3, 0.4) is 0 Å². The molecule has 0 heterocycles. The van der Waals surface area contributed by atoms with Crippen LogP contribution in [0.4, 0.5) is 0 Å². The molecule has 0 amide bonds. The minimum atomic E-state index is 0.0977. The Morgan fingerprint density at radius 3 is 2.40 bits per heavy atom. The van der Waals surface area contributed by atoms with Gasteiger partial charge in [-0.2, -0.15) is 10.5 Å². The first-order chi connectivity index (χ1) is 7.29. The zero-order valence-electron chi connectivity index (χ0n) is 9.21. The largest absolute Gasteiger partial charge is 0.383 e. The van der Waals surface area contributed by atoms with Gasteiger partial charge in [0, 0.05) is 6.54 Å². The highest BCUT2D eigenvalue weighted by Crippen LogP contribution is 2.02. The topological polar surface area (TPSA) is 59.6 Å². The van der Waals surface area contributed by atoms with Crippen molar-refractivity contribution in [3.8, 4) is 12.1 Å². The maximum absolute atomic E-state index is 8.65. The van der Waals surface area contributed by atoms with Crippen molar-refractivity contribution in [2.75, 3.05) is 6.54 Å². The third-order valence-corrected chi connectivity index (χ3v) is 2.04. The lowest BCUT2D eigenvalue weighted by atomic mass is 10.2. The van der Waals surface area contributed by atoms with Crippen LogP contribution in [0.2, 0.25) is 0 Å². The molecule has 1 N–H and O–H groups in total. The maximum Gasteiger partial charge on any atom is 0.152 e. The third kappa shape index (κ3) is 5.54. The highest BCUT2D eigenvalue weighted by Gasteiger charge is 2.00. The van der Waals surface area contributed by atoms with Crippen LogP contribution >= 0.6 is 0 Å². The Morgan fingerprint density at radius 1 is 1.27 bits per heavy atom. The van der Waals surface area contributed by atoms with Crippen LogP contribution in [0.5, 0.6) is 0 Å². The zero-order chi connectivity index (χ0) is 11.5. The van der Waals surface area contributed by atoms with E-state index in [4.69, 9.17) is 10.5 Å². The molecule has 0 aliphatic carbocycles. The predicted octanol–water partition coefficient (Wildman–Crippen LogP) is 2.64. The molecule has 0 aromatic carbocycles. The van der Waals surface area contributed by atoms with Crippen molar-refractivity contribution in [2.45, 2.75) is 32.6 Å². The molecule has 0 spiro atoms. The first-order valence-electron chi connectivity index (χ1n) is 5.20. The number of rotatable bonds is 7. The Bertz CT molecular complexity index is 286.